The number of rotatable bonds is 4. The number of nitrogens with zero attached hydrogens (tertiary/aromatic N) is 3. The number of ether oxygens (including phenoxy) is 1. The van der Waals surface area contributed by atoms with Crippen LogP contribution in [0.25, 0.3) is 16.5 Å². The zero-order valence-corrected chi connectivity index (χ0v) is 8.92. The molecule has 5 nitrogen and oxygen atoms in total. The van der Waals surface area contributed by atoms with Crippen molar-refractivity contribution < 1.29 is 23.0 Å². The molecule has 0 saturated carbocycles. The van der Waals surface area contributed by atoms with Gasteiger partial charge in [-0.25, -0.2) is 0 Å². The zero-order chi connectivity index (χ0) is 13.6. The fourth-order valence-electron chi connectivity index (χ4n) is 1.15. The van der Waals surface area contributed by atoms with E-state index in [2.05, 4.69) is 14.8 Å². The van der Waals surface area contributed by atoms with Gasteiger partial charge in [0.15, 0.2) is 0 Å². The first kappa shape index (κ1) is 13.7. The molecule has 0 unspecified atom stereocenters. The summed E-state index contributed by atoms with van der Waals surface area (Å²) < 4.78 is 40.0. The minimum Gasteiger partial charge on any atom is -0.508 e. The minimum absolute atomic E-state index is 0.0163. The standard InChI is InChI=1S/C10H8F3N3O2/c11-10(12,13)18-9-4-3-8(17)6-7(9)2-1-5-15-16-14/h1-4,6,17H,5H2. The highest BCUT2D eigenvalue weighted by molar-refractivity contribution is 5.59. The van der Waals surface area contributed by atoms with E-state index >= 15 is 0 Å². The van der Waals surface area contributed by atoms with Crippen molar-refractivity contribution in [2.75, 3.05) is 6.54 Å². The monoisotopic (exact) mass is 259 g/mol. The lowest BCUT2D eigenvalue weighted by molar-refractivity contribution is -0.274. The number of phenols is 1. The summed E-state index contributed by atoms with van der Waals surface area (Å²) in [6.45, 7) is -0.0163. The molecule has 0 amide bonds. The van der Waals surface area contributed by atoms with Gasteiger partial charge < -0.3 is 9.84 Å². The van der Waals surface area contributed by atoms with Crippen LogP contribution in [-0.2, 0) is 0 Å². The van der Waals surface area contributed by atoms with E-state index in [4.69, 9.17) is 5.53 Å². The first-order chi connectivity index (χ1) is 8.42. The largest absolute Gasteiger partial charge is 0.573 e. The van der Waals surface area contributed by atoms with Crippen molar-refractivity contribution in [3.63, 3.8) is 0 Å². The average molecular weight is 259 g/mol. The van der Waals surface area contributed by atoms with Gasteiger partial charge >= 0.3 is 6.36 Å². The maximum atomic E-state index is 12.1. The van der Waals surface area contributed by atoms with Gasteiger partial charge in [-0.3, -0.25) is 0 Å². The fraction of sp³-hybridized carbons (Fsp3) is 0.200. The van der Waals surface area contributed by atoms with Crippen LogP contribution < -0.4 is 4.74 Å². The van der Waals surface area contributed by atoms with Crippen molar-refractivity contribution in [3.8, 4) is 11.5 Å². The first-order valence-corrected chi connectivity index (χ1v) is 4.68. The number of hydrogen-bond acceptors (Lipinski definition) is 3. The molecule has 0 bridgehead atoms. The molecular weight excluding hydrogens is 251 g/mol. The first-order valence-electron chi connectivity index (χ1n) is 4.68. The highest BCUT2D eigenvalue weighted by atomic mass is 19.4. The highest BCUT2D eigenvalue weighted by Gasteiger charge is 2.31. The van der Waals surface area contributed by atoms with Gasteiger partial charge in [-0.1, -0.05) is 17.3 Å². The Bertz CT molecular complexity index is 494. The highest BCUT2D eigenvalue weighted by Crippen LogP contribution is 2.29. The van der Waals surface area contributed by atoms with Crippen LogP contribution in [-0.4, -0.2) is 18.0 Å². The number of phenolic OH excluding ortho intramolecular Hbond substituents is 1. The molecule has 18 heavy (non-hydrogen) atoms. The summed E-state index contributed by atoms with van der Waals surface area (Å²) >= 11 is 0. The summed E-state index contributed by atoms with van der Waals surface area (Å²) in [6, 6.07) is 3.18. The number of alkyl halides is 3. The number of halogens is 3. The van der Waals surface area contributed by atoms with E-state index < -0.39 is 12.1 Å². The summed E-state index contributed by atoms with van der Waals surface area (Å²) in [5.74, 6) is -0.648. The second-order valence-electron chi connectivity index (χ2n) is 3.09. The zero-order valence-electron chi connectivity index (χ0n) is 8.92. The third-order valence-electron chi connectivity index (χ3n) is 1.77. The van der Waals surface area contributed by atoms with Crippen LogP contribution in [0.1, 0.15) is 5.56 Å². The Morgan fingerprint density at radius 2 is 2.17 bits per heavy atom. The van der Waals surface area contributed by atoms with Gasteiger partial charge in [-0.05, 0) is 23.7 Å². The molecular formula is C10H8F3N3O2. The molecule has 1 aromatic rings. The van der Waals surface area contributed by atoms with E-state index in [9.17, 15) is 18.3 Å². The predicted octanol–water partition coefficient (Wildman–Crippen LogP) is 3.61. The topological polar surface area (TPSA) is 78.2 Å². The van der Waals surface area contributed by atoms with Crippen molar-refractivity contribution in [1.29, 1.82) is 0 Å². The third-order valence-corrected chi connectivity index (χ3v) is 1.77. The molecule has 96 valence electrons. The van der Waals surface area contributed by atoms with Gasteiger partial charge in [0.2, 0.25) is 0 Å². The SMILES string of the molecule is [N-]=[N+]=NCC=Cc1cc(O)ccc1OC(F)(F)F. The number of azide groups is 1. The summed E-state index contributed by atoms with van der Waals surface area (Å²) in [5, 5.41) is 12.4. The quantitative estimate of drug-likeness (QED) is 0.509. The van der Waals surface area contributed by atoms with E-state index in [0.29, 0.717) is 0 Å². The Morgan fingerprint density at radius 1 is 1.44 bits per heavy atom. The van der Waals surface area contributed by atoms with Crippen LogP contribution in [0.5, 0.6) is 11.5 Å². The Hall–Kier alpha value is -2.34. The Kier molecular flexibility index (Phi) is 4.45. The molecule has 0 aliphatic heterocycles. The Labute approximate surface area is 99.7 Å². The molecule has 1 N–H and O–H groups in total. The minimum atomic E-state index is -4.82. The van der Waals surface area contributed by atoms with E-state index in [1.807, 2.05) is 0 Å². The molecule has 0 atom stereocenters. The molecule has 8 heteroatoms. The van der Waals surface area contributed by atoms with E-state index in [1.54, 1.807) is 0 Å². The second kappa shape index (κ2) is 5.83. The second-order valence-corrected chi connectivity index (χ2v) is 3.09. The molecule has 0 fully saturated rings. The molecule has 0 saturated heterocycles. The van der Waals surface area contributed by atoms with E-state index in [-0.39, 0.29) is 17.9 Å². The summed E-state index contributed by atoms with van der Waals surface area (Å²) in [6.07, 6.45) is -2.21. The molecule has 0 aliphatic rings. The summed E-state index contributed by atoms with van der Waals surface area (Å²) in [7, 11) is 0. The Morgan fingerprint density at radius 3 is 2.78 bits per heavy atom. The molecule has 0 radical (unpaired) electrons. The maximum Gasteiger partial charge on any atom is 0.573 e. The van der Waals surface area contributed by atoms with Crippen molar-refractivity contribution in [1.82, 2.24) is 0 Å². The van der Waals surface area contributed by atoms with Crippen LogP contribution in [0, 0.1) is 0 Å². The van der Waals surface area contributed by atoms with Crippen molar-refractivity contribution in [3.05, 3.63) is 40.3 Å². The van der Waals surface area contributed by atoms with Gasteiger partial charge in [-0.15, -0.1) is 13.2 Å². The van der Waals surface area contributed by atoms with Gasteiger partial charge in [0, 0.05) is 17.0 Å². The fourth-order valence-corrected chi connectivity index (χ4v) is 1.15. The lowest BCUT2D eigenvalue weighted by Gasteiger charge is -2.11. The molecule has 1 rings (SSSR count). The lowest BCUT2D eigenvalue weighted by Crippen LogP contribution is -2.17. The van der Waals surface area contributed by atoms with Gasteiger partial charge in [0.1, 0.15) is 11.5 Å². The summed E-state index contributed by atoms with van der Waals surface area (Å²) in [5.41, 5.74) is 8.05. The molecule has 0 spiro atoms. The summed E-state index contributed by atoms with van der Waals surface area (Å²) in [4.78, 5) is 2.48. The van der Waals surface area contributed by atoms with Crippen LogP contribution in [0.3, 0.4) is 0 Å². The number of hydrogen-bond donors (Lipinski definition) is 1. The van der Waals surface area contributed by atoms with Crippen LogP contribution in [0.4, 0.5) is 13.2 Å². The Balaban J connectivity index is 2.96. The lowest BCUT2D eigenvalue weighted by atomic mass is 10.1. The number of aromatic hydroxyl groups is 1. The van der Waals surface area contributed by atoms with Crippen molar-refractivity contribution in [2.24, 2.45) is 5.11 Å². The van der Waals surface area contributed by atoms with Crippen LogP contribution in [0.15, 0.2) is 29.4 Å². The van der Waals surface area contributed by atoms with Gasteiger partial charge in [-0.2, -0.15) is 0 Å². The van der Waals surface area contributed by atoms with Crippen molar-refractivity contribution >= 4 is 6.08 Å². The molecule has 0 heterocycles. The normalized spacial score (nSPS) is 11.3. The number of benzene rings is 1. The van der Waals surface area contributed by atoms with Crippen LogP contribution >= 0.6 is 0 Å². The molecule has 0 aliphatic carbocycles. The predicted molar refractivity (Wildman–Crippen MR) is 57.8 cm³/mol. The van der Waals surface area contributed by atoms with E-state index in [0.717, 1.165) is 18.2 Å². The average Bonchev–Trinajstić information content (AvgIpc) is 2.26. The van der Waals surface area contributed by atoms with Gasteiger partial charge in [0.25, 0.3) is 0 Å². The van der Waals surface area contributed by atoms with Gasteiger partial charge in [0.05, 0.1) is 0 Å². The van der Waals surface area contributed by atoms with Crippen molar-refractivity contribution in [2.45, 2.75) is 6.36 Å². The third kappa shape index (κ3) is 4.67. The van der Waals surface area contributed by atoms with E-state index in [1.165, 1.54) is 12.2 Å². The van der Waals surface area contributed by atoms with Crippen LogP contribution in [0.2, 0.25) is 0 Å². The molecule has 1 aromatic carbocycles. The maximum absolute atomic E-state index is 12.1. The molecule has 0 aromatic heterocycles. The smallest absolute Gasteiger partial charge is 0.508 e.